The van der Waals surface area contributed by atoms with Gasteiger partial charge in [0.2, 0.25) is 5.91 Å². The first-order valence-electron chi connectivity index (χ1n) is 6.67. The number of allylic oxidation sites excluding steroid dienone is 3. The summed E-state index contributed by atoms with van der Waals surface area (Å²) in [5.74, 6) is -1.31. The number of hydrogen-bond acceptors (Lipinski definition) is 4. The highest BCUT2D eigenvalue weighted by Crippen LogP contribution is 1.98. The number of carbonyl (C=O) groups is 3. The van der Waals surface area contributed by atoms with Crippen molar-refractivity contribution in [3.8, 4) is 0 Å². The van der Waals surface area contributed by atoms with Crippen molar-refractivity contribution in [2.75, 3.05) is 20.2 Å². The molecule has 0 aliphatic rings. The summed E-state index contributed by atoms with van der Waals surface area (Å²) < 4.78 is 4.77. The first kappa shape index (κ1) is 18.9. The Balaban J connectivity index is 4.17. The monoisotopic (exact) mass is 296 g/mol. The van der Waals surface area contributed by atoms with Gasteiger partial charge in [-0.1, -0.05) is 18.2 Å². The molecule has 0 heterocycles. The van der Waals surface area contributed by atoms with Crippen molar-refractivity contribution < 1.29 is 19.1 Å². The van der Waals surface area contributed by atoms with E-state index < -0.39 is 18.5 Å². The van der Waals surface area contributed by atoms with Crippen molar-refractivity contribution in [3.05, 3.63) is 24.3 Å². The van der Waals surface area contributed by atoms with E-state index in [1.54, 1.807) is 12.2 Å². The summed E-state index contributed by atoms with van der Waals surface area (Å²) in [7, 11) is 1.48. The molecule has 0 saturated heterocycles. The normalized spacial score (nSPS) is 11.7. The van der Waals surface area contributed by atoms with Crippen LogP contribution in [0.25, 0.3) is 0 Å². The molecule has 0 bridgehead atoms. The molecule has 0 aromatic carbocycles. The van der Waals surface area contributed by atoms with E-state index in [0.29, 0.717) is 0 Å². The largest absolute Gasteiger partial charge is 0.452 e. The Hall–Kier alpha value is -2.11. The summed E-state index contributed by atoms with van der Waals surface area (Å²) in [6, 6.07) is 0. The highest BCUT2D eigenvalue weighted by molar-refractivity contribution is 5.88. The van der Waals surface area contributed by atoms with Gasteiger partial charge >= 0.3 is 5.97 Å². The molecule has 0 aromatic heterocycles. The lowest BCUT2D eigenvalue weighted by molar-refractivity contribution is -0.148. The molecule has 0 saturated carbocycles. The highest BCUT2D eigenvalue weighted by Gasteiger charge is 2.18. The average molecular weight is 296 g/mol. The summed E-state index contributed by atoms with van der Waals surface area (Å²) >= 11 is 0. The van der Waals surface area contributed by atoms with Crippen LogP contribution in [0.5, 0.6) is 0 Å². The number of rotatable bonds is 6. The van der Waals surface area contributed by atoms with E-state index >= 15 is 0 Å². The van der Waals surface area contributed by atoms with Gasteiger partial charge in [0, 0.05) is 18.7 Å². The van der Waals surface area contributed by atoms with Gasteiger partial charge in [-0.2, -0.15) is 0 Å². The van der Waals surface area contributed by atoms with Gasteiger partial charge in [-0.05, 0) is 27.7 Å². The standard InChI is InChI=1S/C15H24N2O4/c1-6-7-8-9-14(20)21-11-13(19)17(5)10-12(18)16-15(2,3)4/h6-9H,10-11H2,1-5H3,(H,16,18)/b7-6+,9-8+. The number of nitrogens with one attached hydrogen (secondary N) is 1. The quantitative estimate of drug-likeness (QED) is 0.451. The fraction of sp³-hybridized carbons (Fsp3) is 0.533. The molecule has 1 N–H and O–H groups in total. The molecule has 0 rings (SSSR count). The topological polar surface area (TPSA) is 75.7 Å². The minimum atomic E-state index is -0.603. The van der Waals surface area contributed by atoms with Crippen LogP contribution in [0.3, 0.4) is 0 Å². The van der Waals surface area contributed by atoms with E-state index in [9.17, 15) is 14.4 Å². The molecular weight excluding hydrogens is 272 g/mol. The molecule has 0 unspecified atom stereocenters. The van der Waals surface area contributed by atoms with Gasteiger partial charge in [0.1, 0.15) is 0 Å². The lowest BCUT2D eigenvalue weighted by Crippen LogP contribution is -2.46. The number of carbonyl (C=O) groups excluding carboxylic acids is 3. The number of amides is 2. The molecule has 118 valence electrons. The number of hydrogen-bond donors (Lipinski definition) is 1. The maximum absolute atomic E-state index is 11.7. The van der Waals surface area contributed by atoms with E-state index in [1.807, 2.05) is 27.7 Å². The Kier molecular flexibility index (Phi) is 8.04. The van der Waals surface area contributed by atoms with Crippen molar-refractivity contribution >= 4 is 17.8 Å². The maximum Gasteiger partial charge on any atom is 0.331 e. The molecule has 0 aliphatic heterocycles. The minimum Gasteiger partial charge on any atom is -0.452 e. The molecular formula is C15H24N2O4. The Labute approximate surface area is 125 Å². The van der Waals surface area contributed by atoms with Gasteiger partial charge in [-0.3, -0.25) is 9.59 Å². The fourth-order valence-electron chi connectivity index (χ4n) is 1.30. The Morgan fingerprint density at radius 2 is 1.81 bits per heavy atom. The molecule has 2 amide bonds. The van der Waals surface area contributed by atoms with Gasteiger partial charge < -0.3 is 15.0 Å². The minimum absolute atomic E-state index is 0.0813. The summed E-state index contributed by atoms with van der Waals surface area (Å²) in [4.78, 5) is 35.8. The molecule has 21 heavy (non-hydrogen) atoms. The van der Waals surface area contributed by atoms with Gasteiger partial charge in [-0.25, -0.2) is 4.79 Å². The second-order valence-corrected chi connectivity index (χ2v) is 5.54. The Morgan fingerprint density at radius 1 is 1.19 bits per heavy atom. The molecule has 0 aromatic rings. The highest BCUT2D eigenvalue weighted by atomic mass is 16.5. The molecule has 0 radical (unpaired) electrons. The van der Waals surface area contributed by atoms with Crippen LogP contribution in [-0.2, 0) is 19.1 Å². The predicted molar refractivity (Wildman–Crippen MR) is 80.4 cm³/mol. The van der Waals surface area contributed by atoms with Crippen molar-refractivity contribution in [2.24, 2.45) is 0 Å². The Morgan fingerprint density at radius 3 is 2.33 bits per heavy atom. The summed E-state index contributed by atoms with van der Waals surface area (Å²) in [6.45, 7) is 6.90. The van der Waals surface area contributed by atoms with Crippen LogP contribution < -0.4 is 5.32 Å². The summed E-state index contributed by atoms with van der Waals surface area (Å²) in [5, 5.41) is 2.74. The SMILES string of the molecule is C/C=C/C=C/C(=O)OCC(=O)N(C)CC(=O)NC(C)(C)C. The summed E-state index contributed by atoms with van der Waals surface area (Å²) in [5.41, 5.74) is -0.356. The molecule has 0 spiro atoms. The fourth-order valence-corrected chi connectivity index (χ4v) is 1.30. The molecule has 0 atom stereocenters. The first-order chi connectivity index (χ1) is 9.65. The van der Waals surface area contributed by atoms with Crippen molar-refractivity contribution in [3.63, 3.8) is 0 Å². The first-order valence-corrected chi connectivity index (χ1v) is 6.67. The van der Waals surface area contributed by atoms with Crippen molar-refractivity contribution in [1.29, 1.82) is 0 Å². The number of esters is 1. The molecule has 6 heteroatoms. The second-order valence-electron chi connectivity index (χ2n) is 5.54. The van der Waals surface area contributed by atoms with Gasteiger partial charge in [0.25, 0.3) is 5.91 Å². The van der Waals surface area contributed by atoms with E-state index in [0.717, 1.165) is 0 Å². The van der Waals surface area contributed by atoms with E-state index in [-0.39, 0.29) is 18.0 Å². The smallest absolute Gasteiger partial charge is 0.331 e. The zero-order valence-electron chi connectivity index (χ0n) is 13.3. The lowest BCUT2D eigenvalue weighted by atomic mass is 10.1. The van der Waals surface area contributed by atoms with Gasteiger partial charge in [-0.15, -0.1) is 0 Å². The Bertz CT molecular complexity index is 433. The lowest BCUT2D eigenvalue weighted by Gasteiger charge is -2.23. The third-order valence-electron chi connectivity index (χ3n) is 2.19. The molecule has 6 nitrogen and oxygen atoms in total. The predicted octanol–water partition coefficient (Wildman–Crippen LogP) is 1.03. The third-order valence-corrected chi connectivity index (χ3v) is 2.19. The van der Waals surface area contributed by atoms with E-state index in [4.69, 9.17) is 4.74 Å². The number of likely N-dealkylation sites (N-methyl/N-ethyl adjacent to an activating group) is 1. The van der Waals surface area contributed by atoms with Crippen molar-refractivity contribution in [2.45, 2.75) is 33.2 Å². The van der Waals surface area contributed by atoms with Crippen LogP contribution in [0.15, 0.2) is 24.3 Å². The third kappa shape index (κ3) is 10.4. The van der Waals surface area contributed by atoms with Crippen LogP contribution in [0, 0.1) is 0 Å². The maximum atomic E-state index is 11.7. The zero-order valence-corrected chi connectivity index (χ0v) is 13.3. The van der Waals surface area contributed by atoms with Crippen LogP contribution in [-0.4, -0.2) is 48.4 Å². The van der Waals surface area contributed by atoms with E-state index in [1.165, 1.54) is 24.1 Å². The van der Waals surface area contributed by atoms with Gasteiger partial charge in [0.15, 0.2) is 6.61 Å². The second kappa shape index (κ2) is 8.94. The average Bonchev–Trinajstić information content (AvgIpc) is 2.33. The van der Waals surface area contributed by atoms with E-state index in [2.05, 4.69) is 5.32 Å². The van der Waals surface area contributed by atoms with Crippen LogP contribution in [0.4, 0.5) is 0 Å². The van der Waals surface area contributed by atoms with Crippen LogP contribution in [0.2, 0.25) is 0 Å². The number of ether oxygens (including phenoxy) is 1. The van der Waals surface area contributed by atoms with Gasteiger partial charge in [0.05, 0.1) is 6.54 Å². The van der Waals surface area contributed by atoms with Crippen LogP contribution in [0.1, 0.15) is 27.7 Å². The van der Waals surface area contributed by atoms with Crippen molar-refractivity contribution in [1.82, 2.24) is 10.2 Å². The van der Waals surface area contributed by atoms with Crippen LogP contribution >= 0.6 is 0 Å². The zero-order chi connectivity index (χ0) is 16.5. The molecule has 0 fully saturated rings. The summed E-state index contributed by atoms with van der Waals surface area (Å²) in [6.07, 6.45) is 6.18. The molecule has 0 aliphatic carbocycles. The number of nitrogens with zero attached hydrogens (tertiary/aromatic N) is 1.